The van der Waals surface area contributed by atoms with E-state index < -0.39 is 9.84 Å². The van der Waals surface area contributed by atoms with Crippen LogP contribution in [0.25, 0.3) is 0 Å². The first kappa shape index (κ1) is 12.0. The van der Waals surface area contributed by atoms with Crippen molar-refractivity contribution in [2.75, 3.05) is 11.5 Å². The lowest BCUT2D eigenvalue weighted by molar-refractivity contribution is 0.479. The van der Waals surface area contributed by atoms with Crippen molar-refractivity contribution in [3.05, 3.63) is 16.1 Å². The van der Waals surface area contributed by atoms with Gasteiger partial charge < -0.3 is 5.32 Å². The summed E-state index contributed by atoms with van der Waals surface area (Å²) in [4.78, 5) is 5.43. The minimum absolute atomic E-state index is 0.1000. The van der Waals surface area contributed by atoms with Crippen LogP contribution in [0.15, 0.2) is 6.20 Å². The number of nitrogens with one attached hydrogen (secondary N) is 1. The third-order valence-corrected chi connectivity index (χ3v) is 5.41. The zero-order chi connectivity index (χ0) is 11.6. The minimum Gasteiger partial charge on any atom is -0.307 e. The van der Waals surface area contributed by atoms with Gasteiger partial charge >= 0.3 is 0 Å². The van der Waals surface area contributed by atoms with Crippen molar-refractivity contribution in [3.8, 4) is 0 Å². The molecular formula is C10H16N2O2S2. The quantitative estimate of drug-likeness (QED) is 0.884. The molecule has 4 nitrogen and oxygen atoms in total. The third kappa shape index (κ3) is 3.26. The molecule has 1 aliphatic rings. The Kier molecular flexibility index (Phi) is 3.61. The summed E-state index contributed by atoms with van der Waals surface area (Å²) in [6, 6.07) is 0.1000. The van der Waals surface area contributed by atoms with Crippen molar-refractivity contribution in [2.45, 2.75) is 32.4 Å². The predicted octanol–water partition coefficient (Wildman–Crippen LogP) is 1.12. The maximum absolute atomic E-state index is 11.4. The van der Waals surface area contributed by atoms with Gasteiger partial charge in [-0.3, -0.25) is 0 Å². The standard InChI is InChI=1S/C10H16N2O2S2/c1-8-5-12-10(15-8)6-11-9-3-2-4-16(13,14)7-9/h5,9,11H,2-4,6-7H2,1H3. The molecule has 1 N–H and O–H groups in total. The Morgan fingerprint density at radius 1 is 1.62 bits per heavy atom. The predicted molar refractivity (Wildman–Crippen MR) is 65.4 cm³/mol. The van der Waals surface area contributed by atoms with E-state index in [1.807, 2.05) is 13.1 Å². The average molecular weight is 260 g/mol. The van der Waals surface area contributed by atoms with Crippen LogP contribution < -0.4 is 5.32 Å². The van der Waals surface area contributed by atoms with E-state index in [1.54, 1.807) is 11.3 Å². The Bertz CT molecular complexity index is 453. The Labute approximate surface area is 100 Å². The van der Waals surface area contributed by atoms with Crippen LogP contribution in [0.3, 0.4) is 0 Å². The van der Waals surface area contributed by atoms with Crippen LogP contribution in [-0.2, 0) is 16.4 Å². The number of aromatic nitrogens is 1. The van der Waals surface area contributed by atoms with Gasteiger partial charge in [-0.2, -0.15) is 0 Å². The molecule has 0 radical (unpaired) electrons. The highest BCUT2D eigenvalue weighted by molar-refractivity contribution is 7.91. The molecular weight excluding hydrogens is 244 g/mol. The number of sulfone groups is 1. The number of thiazole rings is 1. The molecule has 0 aliphatic carbocycles. The fourth-order valence-electron chi connectivity index (χ4n) is 1.90. The molecule has 1 unspecified atom stereocenters. The third-order valence-electron chi connectivity index (χ3n) is 2.67. The number of aryl methyl sites for hydroxylation is 1. The second-order valence-corrected chi connectivity index (χ2v) is 7.75. The first-order chi connectivity index (χ1) is 7.55. The van der Waals surface area contributed by atoms with Gasteiger partial charge in [0.25, 0.3) is 0 Å². The molecule has 0 saturated carbocycles. The largest absolute Gasteiger partial charge is 0.307 e. The van der Waals surface area contributed by atoms with E-state index in [0.717, 1.165) is 17.8 Å². The zero-order valence-corrected chi connectivity index (χ0v) is 10.9. The van der Waals surface area contributed by atoms with Gasteiger partial charge in [0, 0.05) is 23.7 Å². The normalized spacial score (nSPS) is 24.4. The van der Waals surface area contributed by atoms with Crippen LogP contribution in [0.1, 0.15) is 22.7 Å². The summed E-state index contributed by atoms with van der Waals surface area (Å²) in [6.07, 6.45) is 3.57. The number of hydrogen-bond acceptors (Lipinski definition) is 5. The summed E-state index contributed by atoms with van der Waals surface area (Å²) in [5, 5.41) is 4.30. The van der Waals surface area contributed by atoms with Crippen molar-refractivity contribution in [2.24, 2.45) is 0 Å². The molecule has 1 aromatic heterocycles. The molecule has 6 heteroatoms. The average Bonchev–Trinajstić information content (AvgIpc) is 2.60. The molecule has 1 atom stereocenters. The monoisotopic (exact) mass is 260 g/mol. The summed E-state index contributed by atoms with van der Waals surface area (Å²) >= 11 is 1.65. The molecule has 90 valence electrons. The van der Waals surface area contributed by atoms with E-state index in [4.69, 9.17) is 0 Å². The summed E-state index contributed by atoms with van der Waals surface area (Å²) < 4.78 is 22.8. The molecule has 0 amide bonds. The molecule has 16 heavy (non-hydrogen) atoms. The van der Waals surface area contributed by atoms with E-state index in [1.165, 1.54) is 4.88 Å². The van der Waals surface area contributed by atoms with Gasteiger partial charge in [-0.25, -0.2) is 13.4 Å². The maximum Gasteiger partial charge on any atom is 0.151 e. The molecule has 1 saturated heterocycles. The van der Waals surface area contributed by atoms with Crippen molar-refractivity contribution >= 4 is 21.2 Å². The molecule has 1 aromatic rings. The zero-order valence-electron chi connectivity index (χ0n) is 9.27. The Morgan fingerprint density at radius 2 is 2.44 bits per heavy atom. The minimum atomic E-state index is -2.81. The number of nitrogens with zero attached hydrogens (tertiary/aromatic N) is 1. The Balaban J connectivity index is 1.86. The van der Waals surface area contributed by atoms with E-state index in [-0.39, 0.29) is 11.8 Å². The first-order valence-electron chi connectivity index (χ1n) is 5.40. The summed E-state index contributed by atoms with van der Waals surface area (Å²) in [5.41, 5.74) is 0. The van der Waals surface area contributed by atoms with E-state index in [0.29, 0.717) is 12.3 Å². The molecule has 1 fully saturated rings. The fourth-order valence-corrected chi connectivity index (χ4v) is 4.31. The van der Waals surface area contributed by atoms with Gasteiger partial charge in [0.2, 0.25) is 0 Å². The van der Waals surface area contributed by atoms with Gasteiger partial charge in [-0.1, -0.05) is 0 Å². The summed E-state index contributed by atoms with van der Waals surface area (Å²) in [6.45, 7) is 2.70. The smallest absolute Gasteiger partial charge is 0.151 e. The highest BCUT2D eigenvalue weighted by atomic mass is 32.2. The molecule has 0 spiro atoms. The van der Waals surface area contributed by atoms with Crippen LogP contribution in [0.5, 0.6) is 0 Å². The lowest BCUT2D eigenvalue weighted by Gasteiger charge is -2.22. The summed E-state index contributed by atoms with van der Waals surface area (Å²) in [5.74, 6) is 0.624. The van der Waals surface area contributed by atoms with Gasteiger partial charge in [-0.05, 0) is 19.8 Å². The SMILES string of the molecule is Cc1cnc(CNC2CCCS(=O)(=O)C2)s1. The lowest BCUT2D eigenvalue weighted by Crippen LogP contribution is -2.39. The van der Waals surface area contributed by atoms with Crippen LogP contribution in [0.2, 0.25) is 0 Å². The second-order valence-electron chi connectivity index (χ2n) is 4.20. The van der Waals surface area contributed by atoms with Gasteiger partial charge in [0.05, 0.1) is 11.5 Å². The van der Waals surface area contributed by atoms with Gasteiger partial charge in [0.1, 0.15) is 5.01 Å². The maximum atomic E-state index is 11.4. The highest BCUT2D eigenvalue weighted by Crippen LogP contribution is 2.14. The van der Waals surface area contributed by atoms with E-state index >= 15 is 0 Å². The first-order valence-corrected chi connectivity index (χ1v) is 8.04. The van der Waals surface area contributed by atoms with Crippen molar-refractivity contribution in [1.82, 2.24) is 10.3 Å². The summed E-state index contributed by atoms with van der Waals surface area (Å²) in [7, 11) is -2.81. The number of rotatable bonds is 3. The molecule has 0 aromatic carbocycles. The van der Waals surface area contributed by atoms with Crippen LogP contribution in [0.4, 0.5) is 0 Å². The van der Waals surface area contributed by atoms with Crippen LogP contribution >= 0.6 is 11.3 Å². The van der Waals surface area contributed by atoms with Gasteiger partial charge in [0.15, 0.2) is 9.84 Å². The van der Waals surface area contributed by atoms with Crippen molar-refractivity contribution in [3.63, 3.8) is 0 Å². The second kappa shape index (κ2) is 4.81. The van der Waals surface area contributed by atoms with Crippen molar-refractivity contribution in [1.29, 1.82) is 0 Å². The van der Waals surface area contributed by atoms with Crippen molar-refractivity contribution < 1.29 is 8.42 Å². The molecule has 2 rings (SSSR count). The fraction of sp³-hybridized carbons (Fsp3) is 0.700. The van der Waals surface area contributed by atoms with E-state index in [9.17, 15) is 8.42 Å². The van der Waals surface area contributed by atoms with Gasteiger partial charge in [-0.15, -0.1) is 11.3 Å². The van der Waals surface area contributed by atoms with E-state index in [2.05, 4.69) is 10.3 Å². The Hall–Kier alpha value is -0.460. The molecule has 1 aliphatic heterocycles. The number of hydrogen-bond donors (Lipinski definition) is 1. The highest BCUT2D eigenvalue weighted by Gasteiger charge is 2.24. The lowest BCUT2D eigenvalue weighted by atomic mass is 10.2. The molecule has 2 heterocycles. The van der Waals surface area contributed by atoms with Crippen LogP contribution in [-0.4, -0.2) is 30.9 Å². The topological polar surface area (TPSA) is 59.1 Å². The molecule has 0 bridgehead atoms. The van der Waals surface area contributed by atoms with Crippen LogP contribution in [0, 0.1) is 6.92 Å². The Morgan fingerprint density at radius 3 is 3.06 bits per heavy atom.